The number of rotatable bonds is 7. The molecular formula is C20H26N2O5. The van der Waals surface area contributed by atoms with E-state index < -0.39 is 11.9 Å². The van der Waals surface area contributed by atoms with Gasteiger partial charge in [0.25, 0.3) is 0 Å². The molecule has 1 atom stereocenters. The maximum Gasteiger partial charge on any atom is 0.328 e. The van der Waals surface area contributed by atoms with Crippen molar-refractivity contribution < 1.29 is 24.5 Å². The van der Waals surface area contributed by atoms with Crippen LogP contribution in [0.25, 0.3) is 10.9 Å². The molecule has 1 aromatic heterocycles. The van der Waals surface area contributed by atoms with Crippen LogP contribution in [0.15, 0.2) is 30.4 Å². The number of aliphatic carboxylic acids is 2. The zero-order chi connectivity index (χ0) is 19.8. The smallest absolute Gasteiger partial charge is 0.328 e. The van der Waals surface area contributed by atoms with Crippen LogP contribution in [0.2, 0.25) is 0 Å². The lowest BCUT2D eigenvalue weighted by Crippen LogP contribution is -2.23. The van der Waals surface area contributed by atoms with Gasteiger partial charge in [-0.3, -0.25) is 0 Å². The second kappa shape index (κ2) is 9.78. The molecule has 0 fully saturated rings. The number of methoxy groups -OCH3 is 1. The van der Waals surface area contributed by atoms with Gasteiger partial charge < -0.3 is 25.3 Å². The highest BCUT2D eigenvalue weighted by atomic mass is 16.5. The predicted molar refractivity (Wildman–Crippen MR) is 103 cm³/mol. The molecule has 1 aliphatic rings. The van der Waals surface area contributed by atoms with Gasteiger partial charge in [0.05, 0.1) is 7.11 Å². The van der Waals surface area contributed by atoms with Crippen molar-refractivity contribution in [2.45, 2.75) is 26.2 Å². The summed E-state index contributed by atoms with van der Waals surface area (Å²) in [4.78, 5) is 22.7. The van der Waals surface area contributed by atoms with Crippen molar-refractivity contribution in [1.29, 1.82) is 0 Å². The number of carboxylic acids is 2. The standard InChI is InChI=1S/C16H22N2O.C4H4O4/c1-3-6-17-10-11-7-13-14-9-12(19-2)4-5-15(14)18-16(13)8-11;5-3(6)1-2-4(7)8/h4-5,9,11,17-18H,3,6-8,10H2,1-2H3;1-2H,(H,5,6)(H,7,8). The van der Waals surface area contributed by atoms with E-state index in [-0.39, 0.29) is 0 Å². The van der Waals surface area contributed by atoms with Gasteiger partial charge in [-0.15, -0.1) is 0 Å². The summed E-state index contributed by atoms with van der Waals surface area (Å²) in [5.74, 6) is -0.829. The number of hydrogen-bond acceptors (Lipinski definition) is 4. The van der Waals surface area contributed by atoms with Crippen LogP contribution in [-0.4, -0.2) is 47.3 Å². The van der Waals surface area contributed by atoms with E-state index in [0.29, 0.717) is 12.2 Å². The van der Waals surface area contributed by atoms with E-state index in [1.165, 1.54) is 41.4 Å². The van der Waals surface area contributed by atoms with Crippen LogP contribution >= 0.6 is 0 Å². The molecule has 0 amide bonds. The van der Waals surface area contributed by atoms with Gasteiger partial charge in [0, 0.05) is 28.7 Å². The van der Waals surface area contributed by atoms with Gasteiger partial charge in [-0.2, -0.15) is 0 Å². The van der Waals surface area contributed by atoms with E-state index in [1.54, 1.807) is 7.11 Å². The third-order valence-electron chi connectivity index (χ3n) is 4.42. The minimum Gasteiger partial charge on any atom is -0.497 e. The van der Waals surface area contributed by atoms with Crippen LogP contribution in [-0.2, 0) is 22.4 Å². The minimum atomic E-state index is -1.26. The van der Waals surface area contributed by atoms with Gasteiger partial charge in [-0.25, -0.2) is 9.59 Å². The van der Waals surface area contributed by atoms with Crippen molar-refractivity contribution in [3.63, 3.8) is 0 Å². The molecule has 3 rings (SSSR count). The number of nitrogens with one attached hydrogen (secondary N) is 2. The second-order valence-corrected chi connectivity index (χ2v) is 6.48. The number of fused-ring (bicyclic) bond motifs is 3. The molecule has 0 aliphatic heterocycles. The van der Waals surface area contributed by atoms with E-state index in [0.717, 1.165) is 24.8 Å². The quantitative estimate of drug-likeness (QED) is 0.438. The molecule has 1 aromatic carbocycles. The normalized spacial score (nSPS) is 15.4. The van der Waals surface area contributed by atoms with E-state index in [2.05, 4.69) is 29.4 Å². The first-order chi connectivity index (χ1) is 12.9. The molecule has 0 saturated heterocycles. The predicted octanol–water partition coefficient (Wildman–Crippen LogP) is 2.60. The molecule has 0 radical (unpaired) electrons. The Hall–Kier alpha value is -2.80. The van der Waals surface area contributed by atoms with Gasteiger partial charge in [-0.05, 0) is 62.0 Å². The average molecular weight is 374 g/mol. The van der Waals surface area contributed by atoms with E-state index >= 15 is 0 Å². The number of carboxylic acid groups (broad SMARTS) is 2. The molecular weight excluding hydrogens is 348 g/mol. The Balaban J connectivity index is 0.000000279. The van der Waals surface area contributed by atoms with E-state index in [9.17, 15) is 9.59 Å². The largest absolute Gasteiger partial charge is 0.497 e. The second-order valence-electron chi connectivity index (χ2n) is 6.48. The fraction of sp³-hybridized carbons (Fsp3) is 0.400. The maximum atomic E-state index is 9.55. The third-order valence-corrected chi connectivity index (χ3v) is 4.42. The molecule has 0 spiro atoms. The van der Waals surface area contributed by atoms with E-state index in [1.807, 2.05) is 6.07 Å². The third kappa shape index (κ3) is 5.86. The molecule has 2 aromatic rings. The van der Waals surface area contributed by atoms with Crippen LogP contribution in [0, 0.1) is 5.92 Å². The summed E-state index contributed by atoms with van der Waals surface area (Å²) in [6, 6.07) is 6.30. The molecule has 7 heteroatoms. The van der Waals surface area contributed by atoms with Crippen LogP contribution in [0.4, 0.5) is 0 Å². The summed E-state index contributed by atoms with van der Waals surface area (Å²) < 4.78 is 5.33. The fourth-order valence-corrected chi connectivity index (χ4v) is 3.24. The van der Waals surface area contributed by atoms with Gasteiger partial charge in [0.2, 0.25) is 0 Å². The van der Waals surface area contributed by atoms with Crippen LogP contribution in [0.5, 0.6) is 5.75 Å². The molecule has 146 valence electrons. The van der Waals surface area contributed by atoms with Gasteiger partial charge in [0.15, 0.2) is 0 Å². The molecule has 27 heavy (non-hydrogen) atoms. The topological polar surface area (TPSA) is 112 Å². The van der Waals surface area contributed by atoms with Crippen molar-refractivity contribution >= 4 is 22.8 Å². The first kappa shape index (κ1) is 20.5. The Morgan fingerprint density at radius 1 is 1.26 bits per heavy atom. The Morgan fingerprint density at radius 3 is 2.56 bits per heavy atom. The first-order valence-electron chi connectivity index (χ1n) is 8.96. The molecule has 1 heterocycles. The van der Waals surface area contributed by atoms with Crippen molar-refractivity contribution in [2.75, 3.05) is 20.2 Å². The van der Waals surface area contributed by atoms with Gasteiger partial charge in [-0.1, -0.05) is 6.92 Å². The number of aromatic nitrogens is 1. The Kier molecular flexibility index (Phi) is 7.43. The molecule has 1 unspecified atom stereocenters. The Labute approximate surface area is 158 Å². The summed E-state index contributed by atoms with van der Waals surface area (Å²) in [5, 5.41) is 20.5. The van der Waals surface area contributed by atoms with E-state index in [4.69, 9.17) is 14.9 Å². The lowest BCUT2D eigenvalue weighted by Gasteiger charge is -2.10. The highest BCUT2D eigenvalue weighted by Crippen LogP contribution is 2.34. The number of hydrogen-bond donors (Lipinski definition) is 4. The molecule has 0 saturated carbocycles. The summed E-state index contributed by atoms with van der Waals surface area (Å²) in [7, 11) is 1.73. The van der Waals surface area contributed by atoms with Gasteiger partial charge in [0.1, 0.15) is 5.75 Å². The number of carbonyl (C=O) groups is 2. The van der Waals surface area contributed by atoms with Crippen molar-refractivity contribution in [1.82, 2.24) is 10.3 Å². The van der Waals surface area contributed by atoms with Gasteiger partial charge >= 0.3 is 11.9 Å². The fourth-order valence-electron chi connectivity index (χ4n) is 3.24. The summed E-state index contributed by atoms with van der Waals surface area (Å²) in [6.45, 7) is 4.46. The number of ether oxygens (including phenoxy) is 1. The lowest BCUT2D eigenvalue weighted by atomic mass is 10.0. The lowest BCUT2D eigenvalue weighted by molar-refractivity contribution is -0.134. The summed E-state index contributed by atoms with van der Waals surface area (Å²) in [6.07, 6.45) is 4.67. The van der Waals surface area contributed by atoms with Crippen LogP contribution in [0.1, 0.15) is 24.6 Å². The van der Waals surface area contributed by atoms with Crippen molar-refractivity contribution in [3.05, 3.63) is 41.6 Å². The average Bonchev–Trinajstić information content (AvgIpc) is 3.17. The zero-order valence-electron chi connectivity index (χ0n) is 15.6. The van der Waals surface area contributed by atoms with Crippen LogP contribution in [0.3, 0.4) is 0 Å². The Morgan fingerprint density at radius 2 is 1.96 bits per heavy atom. The van der Waals surface area contributed by atoms with Crippen LogP contribution < -0.4 is 10.1 Å². The molecule has 1 aliphatic carbocycles. The molecule has 4 N–H and O–H groups in total. The zero-order valence-corrected chi connectivity index (χ0v) is 15.6. The first-order valence-corrected chi connectivity index (χ1v) is 8.96. The SMILES string of the molecule is CCCNCC1Cc2[nH]c3ccc(OC)cc3c2C1.O=C(O)C=CC(=O)O. The van der Waals surface area contributed by atoms with Crippen molar-refractivity contribution in [2.24, 2.45) is 5.92 Å². The number of aromatic amines is 1. The molecule has 0 bridgehead atoms. The monoisotopic (exact) mass is 374 g/mol. The maximum absolute atomic E-state index is 9.55. The summed E-state index contributed by atoms with van der Waals surface area (Å²) in [5.41, 5.74) is 4.16. The molecule has 7 nitrogen and oxygen atoms in total. The number of benzene rings is 1. The Bertz CT molecular complexity index is 809. The number of H-pyrrole nitrogens is 1. The van der Waals surface area contributed by atoms with Crippen molar-refractivity contribution in [3.8, 4) is 5.75 Å². The highest BCUT2D eigenvalue weighted by Gasteiger charge is 2.25. The summed E-state index contributed by atoms with van der Waals surface area (Å²) >= 11 is 0. The highest BCUT2D eigenvalue weighted by molar-refractivity contribution is 5.89. The minimum absolute atomic E-state index is 0.558.